The summed E-state index contributed by atoms with van der Waals surface area (Å²) in [5.41, 5.74) is 5.36. The largest absolute Gasteiger partial charge is 0.497 e. The lowest BCUT2D eigenvalue weighted by Gasteiger charge is -2.28. The normalized spacial score (nSPS) is 15.1. The second-order valence-electron chi connectivity index (χ2n) is 9.60. The van der Waals surface area contributed by atoms with E-state index in [9.17, 15) is 5.26 Å². The molecule has 3 heterocycles. The molecule has 0 saturated carbocycles. The van der Waals surface area contributed by atoms with Crippen molar-refractivity contribution < 1.29 is 9.47 Å². The van der Waals surface area contributed by atoms with Crippen LogP contribution >= 0.6 is 12.4 Å². The predicted octanol–water partition coefficient (Wildman–Crippen LogP) is 5.38. The van der Waals surface area contributed by atoms with E-state index in [1.807, 2.05) is 37.5 Å². The second-order valence-corrected chi connectivity index (χ2v) is 9.60. The quantitative estimate of drug-likeness (QED) is 0.261. The van der Waals surface area contributed by atoms with Gasteiger partial charge in [0, 0.05) is 67.5 Å². The van der Waals surface area contributed by atoms with E-state index in [0.717, 1.165) is 84.1 Å². The van der Waals surface area contributed by atoms with Crippen molar-refractivity contribution in [2.45, 2.75) is 31.7 Å². The second kappa shape index (κ2) is 12.8. The Morgan fingerprint density at radius 3 is 2.54 bits per heavy atom. The number of halogens is 1. The van der Waals surface area contributed by atoms with Gasteiger partial charge in [0.15, 0.2) is 0 Å². The first-order chi connectivity index (χ1) is 18.6. The number of rotatable bonds is 10. The highest BCUT2D eigenvalue weighted by Crippen LogP contribution is 2.34. The monoisotopic (exact) mass is 547 g/mol. The Hall–Kier alpha value is -3.87. The van der Waals surface area contributed by atoms with E-state index in [2.05, 4.69) is 38.1 Å². The lowest BCUT2D eigenvalue weighted by atomic mass is 10.1. The zero-order valence-corrected chi connectivity index (χ0v) is 23.4. The van der Waals surface area contributed by atoms with Crippen LogP contribution in [0.5, 0.6) is 11.5 Å². The summed E-state index contributed by atoms with van der Waals surface area (Å²) in [7, 11) is 5.22. The van der Waals surface area contributed by atoms with Crippen LogP contribution in [-0.4, -0.2) is 64.5 Å². The van der Waals surface area contributed by atoms with Gasteiger partial charge in [-0.15, -0.1) is 12.4 Å². The number of likely N-dealkylation sites (tertiary alicyclic amines) is 1. The van der Waals surface area contributed by atoms with E-state index in [1.54, 1.807) is 31.3 Å². The predicted molar refractivity (Wildman–Crippen MR) is 155 cm³/mol. The van der Waals surface area contributed by atoms with Gasteiger partial charge in [0.1, 0.15) is 11.5 Å². The number of benzene rings is 2. The minimum Gasteiger partial charge on any atom is -0.497 e. The van der Waals surface area contributed by atoms with Crippen LogP contribution in [0.4, 0.5) is 11.4 Å². The number of hydrogen-bond acceptors (Lipinski definition) is 8. The molecule has 10 heteroatoms. The number of aromatic nitrogens is 4. The van der Waals surface area contributed by atoms with Crippen molar-refractivity contribution in [3.63, 3.8) is 0 Å². The molecule has 0 aliphatic carbocycles. The summed E-state index contributed by atoms with van der Waals surface area (Å²) >= 11 is 0. The number of nitrogens with zero attached hydrogens (tertiary/aromatic N) is 7. The fraction of sp³-hybridized carbons (Fsp3) is 0.379. The first-order valence-electron chi connectivity index (χ1n) is 13.0. The van der Waals surface area contributed by atoms with Gasteiger partial charge in [0.25, 0.3) is 0 Å². The van der Waals surface area contributed by atoms with Gasteiger partial charge in [0.05, 0.1) is 55.8 Å². The molecule has 204 valence electrons. The van der Waals surface area contributed by atoms with E-state index in [1.165, 1.54) is 0 Å². The third-order valence-corrected chi connectivity index (χ3v) is 7.14. The van der Waals surface area contributed by atoms with Crippen molar-refractivity contribution in [2.75, 3.05) is 38.8 Å². The highest BCUT2D eigenvalue weighted by Gasteiger charge is 2.24. The molecule has 2 aromatic heterocycles. The zero-order valence-electron chi connectivity index (χ0n) is 22.6. The molecular weight excluding hydrogens is 514 g/mol. The minimum atomic E-state index is 0. The van der Waals surface area contributed by atoms with Gasteiger partial charge in [0.2, 0.25) is 0 Å². The van der Waals surface area contributed by atoms with Crippen LogP contribution in [0.15, 0.2) is 55.0 Å². The number of ether oxygens (including phenoxy) is 2. The van der Waals surface area contributed by atoms with Crippen LogP contribution < -0.4 is 14.4 Å². The minimum absolute atomic E-state index is 0. The molecule has 4 aromatic rings. The maximum atomic E-state index is 9.21. The summed E-state index contributed by atoms with van der Waals surface area (Å²) in [6.45, 7) is 2.79. The average Bonchev–Trinajstić information content (AvgIpc) is 3.59. The summed E-state index contributed by atoms with van der Waals surface area (Å²) in [4.78, 5) is 14.3. The molecule has 0 amide bonds. The average molecular weight is 548 g/mol. The molecule has 9 nitrogen and oxygen atoms in total. The number of aryl methyl sites for hydroxylation is 1. The number of nitriles is 1. The third kappa shape index (κ3) is 6.41. The summed E-state index contributed by atoms with van der Waals surface area (Å²) in [5, 5.41) is 13.5. The Kier molecular flexibility index (Phi) is 9.23. The first-order valence-corrected chi connectivity index (χ1v) is 13.0. The molecule has 5 rings (SSSR count). The standard InChI is InChI=1S/C29H33N7O2.ClH/c1-34-20-21(18-32-34)29-19-31-27-8-7-23(16-28(27)33-29)36(24-14-25(37-2)17-26(15-24)38-3)13-5-12-35-11-4-6-22(35)9-10-30;/h7-8,14-20,22H,4-6,9,11-13H2,1-3H3;1H/t22-;/m1./s1. The molecule has 1 fully saturated rings. The van der Waals surface area contributed by atoms with Crippen molar-refractivity contribution in [2.24, 2.45) is 7.05 Å². The van der Waals surface area contributed by atoms with Crippen LogP contribution in [0.3, 0.4) is 0 Å². The van der Waals surface area contributed by atoms with Gasteiger partial charge >= 0.3 is 0 Å². The van der Waals surface area contributed by atoms with Crippen LogP contribution in [0.1, 0.15) is 25.7 Å². The summed E-state index contributed by atoms with van der Waals surface area (Å²) in [6, 6.07) is 14.8. The maximum absolute atomic E-state index is 9.21. The topological polar surface area (TPSA) is 92.3 Å². The van der Waals surface area contributed by atoms with Crippen molar-refractivity contribution >= 4 is 34.8 Å². The van der Waals surface area contributed by atoms with Gasteiger partial charge < -0.3 is 14.4 Å². The van der Waals surface area contributed by atoms with E-state index >= 15 is 0 Å². The van der Waals surface area contributed by atoms with Gasteiger partial charge in [-0.25, -0.2) is 4.98 Å². The molecule has 1 aliphatic rings. The smallest absolute Gasteiger partial charge is 0.124 e. The first kappa shape index (κ1) is 28.1. The highest BCUT2D eigenvalue weighted by atomic mass is 35.5. The van der Waals surface area contributed by atoms with E-state index in [0.29, 0.717) is 12.5 Å². The number of hydrogen-bond donors (Lipinski definition) is 0. The van der Waals surface area contributed by atoms with Crippen LogP contribution in [0.2, 0.25) is 0 Å². The molecule has 1 atom stereocenters. The molecule has 0 unspecified atom stereocenters. The molecule has 1 aliphatic heterocycles. The molecule has 0 spiro atoms. The van der Waals surface area contributed by atoms with Gasteiger partial charge in [-0.3, -0.25) is 14.6 Å². The van der Waals surface area contributed by atoms with E-state index in [4.69, 9.17) is 14.5 Å². The van der Waals surface area contributed by atoms with Crippen LogP contribution in [-0.2, 0) is 7.05 Å². The van der Waals surface area contributed by atoms with E-state index < -0.39 is 0 Å². The number of anilines is 2. The molecule has 0 bridgehead atoms. The maximum Gasteiger partial charge on any atom is 0.124 e. The summed E-state index contributed by atoms with van der Waals surface area (Å²) in [6.07, 6.45) is 9.33. The fourth-order valence-electron chi connectivity index (χ4n) is 5.17. The molecule has 0 N–H and O–H groups in total. The van der Waals surface area contributed by atoms with Gasteiger partial charge in [-0.1, -0.05) is 0 Å². The SMILES string of the molecule is COc1cc(OC)cc(N(CCCN2CCC[C@@H]2CC#N)c2ccc3ncc(-c4cnn(C)c4)nc3c2)c1.Cl. The Labute approximate surface area is 235 Å². The number of methoxy groups -OCH3 is 2. The lowest BCUT2D eigenvalue weighted by molar-refractivity contribution is 0.255. The van der Waals surface area contributed by atoms with Crippen molar-refractivity contribution in [3.8, 4) is 28.8 Å². The Bertz CT molecular complexity index is 1430. The van der Waals surface area contributed by atoms with Crippen molar-refractivity contribution in [1.82, 2.24) is 24.6 Å². The Morgan fingerprint density at radius 1 is 1.05 bits per heavy atom. The molecular formula is C29H34ClN7O2. The zero-order chi connectivity index (χ0) is 26.5. The fourth-order valence-corrected chi connectivity index (χ4v) is 5.17. The van der Waals surface area contributed by atoms with Gasteiger partial charge in [-0.2, -0.15) is 10.4 Å². The van der Waals surface area contributed by atoms with Crippen LogP contribution in [0, 0.1) is 11.3 Å². The van der Waals surface area contributed by atoms with Crippen LogP contribution in [0.25, 0.3) is 22.3 Å². The third-order valence-electron chi connectivity index (χ3n) is 7.14. The summed E-state index contributed by atoms with van der Waals surface area (Å²) < 4.78 is 12.9. The molecule has 2 aromatic carbocycles. The van der Waals surface area contributed by atoms with Crippen molar-refractivity contribution in [1.29, 1.82) is 5.26 Å². The van der Waals surface area contributed by atoms with Crippen molar-refractivity contribution in [3.05, 3.63) is 55.0 Å². The Balaban J connectivity index is 0.00000353. The van der Waals surface area contributed by atoms with E-state index in [-0.39, 0.29) is 12.4 Å². The molecule has 0 radical (unpaired) electrons. The number of fused-ring (bicyclic) bond motifs is 1. The Morgan fingerprint density at radius 2 is 1.85 bits per heavy atom. The lowest BCUT2D eigenvalue weighted by Crippen LogP contribution is -2.32. The van der Waals surface area contributed by atoms with Gasteiger partial charge in [-0.05, 0) is 44.0 Å². The highest BCUT2D eigenvalue weighted by molar-refractivity contribution is 5.85. The summed E-state index contributed by atoms with van der Waals surface area (Å²) in [5.74, 6) is 1.47. The molecule has 1 saturated heterocycles. The molecule has 39 heavy (non-hydrogen) atoms.